The molecule has 0 aromatic carbocycles. The van der Waals surface area contributed by atoms with Crippen LogP contribution in [-0.2, 0) is 9.59 Å². The molecular weight excluding hydrogens is 244 g/mol. The predicted octanol–water partition coefficient (Wildman–Crippen LogP) is 0.768. The highest BCUT2D eigenvalue weighted by molar-refractivity contribution is 5.82. The minimum Gasteiger partial charge on any atom is -0.396 e. The third kappa shape index (κ3) is 4.82. The van der Waals surface area contributed by atoms with Crippen molar-refractivity contribution in [1.29, 1.82) is 0 Å². The second kappa shape index (κ2) is 7.48. The van der Waals surface area contributed by atoms with Gasteiger partial charge in [0, 0.05) is 31.7 Å². The molecule has 0 aliphatic carbocycles. The van der Waals surface area contributed by atoms with Gasteiger partial charge in [0.1, 0.15) is 0 Å². The summed E-state index contributed by atoms with van der Waals surface area (Å²) in [6.07, 6.45) is 2.28. The zero-order chi connectivity index (χ0) is 14.4. The van der Waals surface area contributed by atoms with Gasteiger partial charge in [0.2, 0.25) is 11.8 Å². The largest absolute Gasteiger partial charge is 0.396 e. The van der Waals surface area contributed by atoms with Gasteiger partial charge in [-0.25, -0.2) is 0 Å². The molecule has 0 radical (unpaired) electrons. The Hall–Kier alpha value is -1.10. The molecule has 0 bridgehead atoms. The van der Waals surface area contributed by atoms with E-state index in [1.165, 1.54) is 0 Å². The fourth-order valence-electron chi connectivity index (χ4n) is 2.38. The number of nitrogens with zero attached hydrogens (tertiary/aromatic N) is 1. The lowest BCUT2D eigenvalue weighted by Gasteiger charge is -2.33. The van der Waals surface area contributed by atoms with E-state index in [0.29, 0.717) is 13.0 Å². The summed E-state index contributed by atoms with van der Waals surface area (Å²) in [5, 5.41) is 11.7. The normalized spacial score (nSPS) is 21.3. The van der Waals surface area contributed by atoms with Crippen LogP contribution in [0.3, 0.4) is 0 Å². The van der Waals surface area contributed by atoms with Crippen molar-refractivity contribution in [3.05, 3.63) is 0 Å². The van der Waals surface area contributed by atoms with Crippen molar-refractivity contribution in [1.82, 2.24) is 10.2 Å². The Morgan fingerprint density at radius 3 is 2.63 bits per heavy atom. The fourth-order valence-corrected chi connectivity index (χ4v) is 2.38. The quantitative estimate of drug-likeness (QED) is 0.775. The topological polar surface area (TPSA) is 69.6 Å². The SMILES string of the molecule is CC(CCO)NC(=O)C1CCCN(C(=O)C(C)C)C1. The van der Waals surface area contributed by atoms with Crippen LogP contribution in [0.25, 0.3) is 0 Å². The van der Waals surface area contributed by atoms with Crippen LogP contribution >= 0.6 is 0 Å². The number of aliphatic hydroxyl groups is 1. The molecule has 110 valence electrons. The van der Waals surface area contributed by atoms with Gasteiger partial charge < -0.3 is 15.3 Å². The van der Waals surface area contributed by atoms with Crippen molar-refractivity contribution in [3.63, 3.8) is 0 Å². The van der Waals surface area contributed by atoms with Gasteiger partial charge in [-0.15, -0.1) is 0 Å². The van der Waals surface area contributed by atoms with E-state index in [4.69, 9.17) is 5.11 Å². The van der Waals surface area contributed by atoms with Gasteiger partial charge in [0.05, 0.1) is 5.92 Å². The molecule has 0 aromatic heterocycles. The molecular formula is C14H26N2O3. The van der Waals surface area contributed by atoms with Crippen LogP contribution in [-0.4, -0.2) is 47.6 Å². The average molecular weight is 270 g/mol. The number of amides is 2. The van der Waals surface area contributed by atoms with E-state index in [1.807, 2.05) is 20.8 Å². The second-order valence-electron chi connectivity index (χ2n) is 5.70. The molecule has 1 rings (SSSR count). The Balaban J connectivity index is 2.50. The molecule has 5 heteroatoms. The molecule has 1 fully saturated rings. The number of hydrogen-bond acceptors (Lipinski definition) is 3. The predicted molar refractivity (Wildman–Crippen MR) is 73.4 cm³/mol. The number of rotatable bonds is 5. The summed E-state index contributed by atoms with van der Waals surface area (Å²) in [4.78, 5) is 25.8. The van der Waals surface area contributed by atoms with E-state index in [0.717, 1.165) is 19.4 Å². The highest BCUT2D eigenvalue weighted by Crippen LogP contribution is 2.18. The monoisotopic (exact) mass is 270 g/mol. The first-order valence-corrected chi connectivity index (χ1v) is 7.15. The Morgan fingerprint density at radius 2 is 2.05 bits per heavy atom. The van der Waals surface area contributed by atoms with Gasteiger partial charge in [0.15, 0.2) is 0 Å². The maximum Gasteiger partial charge on any atom is 0.225 e. The summed E-state index contributed by atoms with van der Waals surface area (Å²) in [5.74, 6) is -0.00386. The molecule has 1 saturated heterocycles. The van der Waals surface area contributed by atoms with Gasteiger partial charge in [0.25, 0.3) is 0 Å². The number of carbonyl (C=O) groups excluding carboxylic acids is 2. The summed E-state index contributed by atoms with van der Waals surface area (Å²) < 4.78 is 0. The molecule has 1 aliphatic rings. The molecule has 19 heavy (non-hydrogen) atoms. The third-order valence-corrected chi connectivity index (χ3v) is 3.55. The van der Waals surface area contributed by atoms with Gasteiger partial charge in [-0.3, -0.25) is 9.59 Å². The minimum absolute atomic E-state index is 0.00204. The molecule has 1 aliphatic heterocycles. The van der Waals surface area contributed by atoms with Crippen molar-refractivity contribution in [3.8, 4) is 0 Å². The maximum atomic E-state index is 12.1. The summed E-state index contributed by atoms with van der Waals surface area (Å²) in [7, 11) is 0. The van der Waals surface area contributed by atoms with E-state index in [1.54, 1.807) is 4.90 Å². The lowest BCUT2D eigenvalue weighted by molar-refractivity contribution is -0.138. The number of piperidine rings is 1. The van der Waals surface area contributed by atoms with Crippen molar-refractivity contribution in [2.75, 3.05) is 19.7 Å². The molecule has 0 saturated carbocycles. The number of nitrogens with one attached hydrogen (secondary N) is 1. The maximum absolute atomic E-state index is 12.1. The van der Waals surface area contributed by atoms with Gasteiger partial charge in [-0.05, 0) is 26.2 Å². The Kier molecular flexibility index (Phi) is 6.28. The number of carbonyl (C=O) groups is 2. The van der Waals surface area contributed by atoms with E-state index in [-0.39, 0.29) is 36.3 Å². The molecule has 2 unspecified atom stereocenters. The Bertz CT molecular complexity index is 318. The number of hydrogen-bond donors (Lipinski definition) is 2. The highest BCUT2D eigenvalue weighted by atomic mass is 16.3. The van der Waals surface area contributed by atoms with Crippen molar-refractivity contribution < 1.29 is 14.7 Å². The number of likely N-dealkylation sites (tertiary alicyclic amines) is 1. The summed E-state index contributed by atoms with van der Waals surface area (Å²) in [6, 6.07) is -0.0197. The standard InChI is InChI=1S/C14H26N2O3/c1-10(2)14(19)16-7-4-5-12(9-16)13(18)15-11(3)6-8-17/h10-12,17H,4-9H2,1-3H3,(H,15,18). The minimum atomic E-state index is -0.113. The van der Waals surface area contributed by atoms with Crippen LogP contribution in [0.15, 0.2) is 0 Å². The molecule has 5 nitrogen and oxygen atoms in total. The molecule has 0 aromatic rings. The van der Waals surface area contributed by atoms with Crippen molar-refractivity contribution >= 4 is 11.8 Å². The van der Waals surface area contributed by atoms with Gasteiger partial charge >= 0.3 is 0 Å². The second-order valence-corrected chi connectivity index (χ2v) is 5.70. The molecule has 2 atom stereocenters. The van der Waals surface area contributed by atoms with E-state index < -0.39 is 0 Å². The zero-order valence-electron chi connectivity index (χ0n) is 12.2. The lowest BCUT2D eigenvalue weighted by atomic mass is 9.95. The zero-order valence-corrected chi connectivity index (χ0v) is 12.2. The Labute approximate surface area is 115 Å². The summed E-state index contributed by atoms with van der Waals surface area (Å²) >= 11 is 0. The first kappa shape index (κ1) is 16.0. The molecule has 2 N–H and O–H groups in total. The third-order valence-electron chi connectivity index (χ3n) is 3.55. The van der Waals surface area contributed by atoms with E-state index in [9.17, 15) is 9.59 Å². The number of aliphatic hydroxyl groups excluding tert-OH is 1. The summed E-state index contributed by atoms with van der Waals surface area (Å²) in [5.41, 5.74) is 0. The van der Waals surface area contributed by atoms with Crippen LogP contribution in [0.4, 0.5) is 0 Å². The summed E-state index contributed by atoms with van der Waals surface area (Å²) in [6.45, 7) is 7.00. The molecule has 1 heterocycles. The van der Waals surface area contributed by atoms with Crippen LogP contribution in [0.5, 0.6) is 0 Å². The lowest BCUT2D eigenvalue weighted by Crippen LogP contribution is -2.48. The highest BCUT2D eigenvalue weighted by Gasteiger charge is 2.29. The van der Waals surface area contributed by atoms with Crippen LogP contribution in [0.1, 0.15) is 40.0 Å². The first-order chi connectivity index (χ1) is 8.95. The van der Waals surface area contributed by atoms with Gasteiger partial charge in [-0.1, -0.05) is 13.8 Å². The van der Waals surface area contributed by atoms with E-state index in [2.05, 4.69) is 5.32 Å². The van der Waals surface area contributed by atoms with Gasteiger partial charge in [-0.2, -0.15) is 0 Å². The van der Waals surface area contributed by atoms with E-state index >= 15 is 0 Å². The van der Waals surface area contributed by atoms with Crippen molar-refractivity contribution in [2.24, 2.45) is 11.8 Å². The van der Waals surface area contributed by atoms with Crippen LogP contribution < -0.4 is 5.32 Å². The van der Waals surface area contributed by atoms with Crippen LogP contribution in [0, 0.1) is 11.8 Å². The molecule has 0 spiro atoms. The fraction of sp³-hybridized carbons (Fsp3) is 0.857. The van der Waals surface area contributed by atoms with Crippen molar-refractivity contribution in [2.45, 2.75) is 46.1 Å². The van der Waals surface area contributed by atoms with Crippen LogP contribution in [0.2, 0.25) is 0 Å². The first-order valence-electron chi connectivity index (χ1n) is 7.15. The Morgan fingerprint density at radius 1 is 1.37 bits per heavy atom. The smallest absolute Gasteiger partial charge is 0.225 e. The average Bonchev–Trinajstić information content (AvgIpc) is 2.38. The molecule has 2 amide bonds.